The molecule has 2 heterocycles. The molecule has 1 N–H and O–H groups in total. The Morgan fingerprint density at radius 1 is 1.19 bits per heavy atom. The maximum Gasteiger partial charge on any atom is 0.223 e. The first-order valence-electron chi connectivity index (χ1n) is 6.66. The summed E-state index contributed by atoms with van der Waals surface area (Å²) in [4.78, 5) is 8.15. The van der Waals surface area contributed by atoms with Crippen molar-refractivity contribution < 1.29 is 4.39 Å². The van der Waals surface area contributed by atoms with E-state index in [-0.39, 0.29) is 5.69 Å². The van der Waals surface area contributed by atoms with Crippen molar-refractivity contribution >= 4 is 5.95 Å². The van der Waals surface area contributed by atoms with Crippen LogP contribution in [0.25, 0.3) is 17.1 Å². The smallest absolute Gasteiger partial charge is 0.223 e. The lowest BCUT2D eigenvalue weighted by molar-refractivity contribution is 0.616. The number of nitrogens with zero attached hydrogens (tertiary/aromatic N) is 4. The normalized spacial score (nSPS) is 10.6. The van der Waals surface area contributed by atoms with Gasteiger partial charge in [0.05, 0.1) is 23.8 Å². The monoisotopic (exact) mass is 283 g/mol. The molecule has 6 heteroatoms. The van der Waals surface area contributed by atoms with Gasteiger partial charge in [-0.1, -0.05) is 18.2 Å². The largest absolute Gasteiger partial charge is 0.354 e. The van der Waals surface area contributed by atoms with Crippen LogP contribution in [-0.2, 0) is 0 Å². The van der Waals surface area contributed by atoms with E-state index < -0.39 is 5.82 Å². The van der Waals surface area contributed by atoms with Gasteiger partial charge in [-0.3, -0.25) is 0 Å². The summed E-state index contributed by atoms with van der Waals surface area (Å²) >= 11 is 0. The van der Waals surface area contributed by atoms with Gasteiger partial charge in [-0.25, -0.2) is 19.0 Å². The molecule has 0 aliphatic carbocycles. The topological polar surface area (TPSA) is 55.6 Å². The molecule has 106 valence electrons. The van der Waals surface area contributed by atoms with Gasteiger partial charge < -0.3 is 5.32 Å². The number of hydrogen-bond acceptors (Lipinski definition) is 4. The number of halogens is 1. The molecule has 2 aromatic heterocycles. The summed E-state index contributed by atoms with van der Waals surface area (Å²) in [7, 11) is 0. The molecule has 0 unspecified atom stereocenters. The van der Waals surface area contributed by atoms with E-state index in [9.17, 15) is 4.39 Å². The van der Waals surface area contributed by atoms with Crippen molar-refractivity contribution in [2.45, 2.75) is 6.92 Å². The van der Waals surface area contributed by atoms with Crippen molar-refractivity contribution in [3.63, 3.8) is 0 Å². The highest BCUT2D eigenvalue weighted by atomic mass is 19.1. The van der Waals surface area contributed by atoms with Crippen LogP contribution < -0.4 is 5.32 Å². The average molecular weight is 283 g/mol. The average Bonchev–Trinajstić information content (AvgIpc) is 3.00. The van der Waals surface area contributed by atoms with Crippen molar-refractivity contribution in [1.82, 2.24) is 19.7 Å². The summed E-state index contributed by atoms with van der Waals surface area (Å²) in [5, 5.41) is 7.23. The Kier molecular flexibility index (Phi) is 3.59. The Morgan fingerprint density at radius 3 is 2.76 bits per heavy atom. The second-order valence-electron chi connectivity index (χ2n) is 4.38. The van der Waals surface area contributed by atoms with Crippen molar-refractivity contribution in [2.75, 3.05) is 11.9 Å². The lowest BCUT2D eigenvalue weighted by Gasteiger charge is -2.09. The molecular weight excluding hydrogens is 269 g/mol. The molecule has 0 atom stereocenters. The Hall–Kier alpha value is -2.76. The van der Waals surface area contributed by atoms with Gasteiger partial charge >= 0.3 is 0 Å². The van der Waals surface area contributed by atoms with Gasteiger partial charge in [0.1, 0.15) is 5.69 Å². The molecule has 3 aromatic rings. The fourth-order valence-electron chi connectivity index (χ4n) is 2.05. The minimum atomic E-state index is -0.477. The molecule has 1 aromatic carbocycles. The van der Waals surface area contributed by atoms with Gasteiger partial charge in [0, 0.05) is 6.54 Å². The van der Waals surface area contributed by atoms with Crippen LogP contribution in [0.5, 0.6) is 0 Å². The molecule has 0 saturated heterocycles. The third kappa shape index (κ3) is 2.60. The SMILES string of the molecule is CCNc1ncc(F)c(-c2ccnn2-c2ccccc2)n1. The second kappa shape index (κ2) is 5.70. The highest BCUT2D eigenvalue weighted by Crippen LogP contribution is 2.23. The van der Waals surface area contributed by atoms with Gasteiger partial charge in [-0.05, 0) is 25.1 Å². The number of benzene rings is 1. The third-order valence-corrected chi connectivity index (χ3v) is 2.97. The van der Waals surface area contributed by atoms with Crippen LogP contribution in [0.4, 0.5) is 10.3 Å². The van der Waals surface area contributed by atoms with Crippen molar-refractivity contribution in [3.05, 3.63) is 54.6 Å². The van der Waals surface area contributed by atoms with Crippen LogP contribution >= 0.6 is 0 Å². The van der Waals surface area contributed by atoms with E-state index in [1.807, 2.05) is 37.3 Å². The number of hydrogen-bond donors (Lipinski definition) is 1. The predicted octanol–water partition coefficient (Wildman–Crippen LogP) is 2.90. The number of para-hydroxylation sites is 1. The van der Waals surface area contributed by atoms with Crippen LogP contribution in [0.1, 0.15) is 6.92 Å². The summed E-state index contributed by atoms with van der Waals surface area (Å²) in [5.74, 6) is -0.0796. The van der Waals surface area contributed by atoms with E-state index >= 15 is 0 Å². The third-order valence-electron chi connectivity index (χ3n) is 2.97. The van der Waals surface area contributed by atoms with E-state index in [0.29, 0.717) is 18.2 Å². The first-order valence-corrected chi connectivity index (χ1v) is 6.66. The summed E-state index contributed by atoms with van der Waals surface area (Å²) in [5.41, 5.74) is 1.66. The van der Waals surface area contributed by atoms with E-state index in [0.717, 1.165) is 5.69 Å². The minimum absolute atomic E-state index is 0.224. The van der Waals surface area contributed by atoms with Crippen molar-refractivity contribution in [1.29, 1.82) is 0 Å². The quantitative estimate of drug-likeness (QED) is 0.800. The van der Waals surface area contributed by atoms with E-state index in [1.165, 1.54) is 6.20 Å². The zero-order valence-electron chi connectivity index (χ0n) is 11.5. The molecule has 3 rings (SSSR count). The lowest BCUT2D eigenvalue weighted by atomic mass is 10.2. The van der Waals surface area contributed by atoms with Crippen LogP contribution in [-0.4, -0.2) is 26.3 Å². The summed E-state index contributed by atoms with van der Waals surface area (Å²) < 4.78 is 15.7. The first kappa shape index (κ1) is 13.2. The second-order valence-corrected chi connectivity index (χ2v) is 4.38. The highest BCUT2D eigenvalue weighted by molar-refractivity contribution is 5.59. The molecule has 0 fully saturated rings. The Balaban J connectivity index is 2.10. The lowest BCUT2D eigenvalue weighted by Crippen LogP contribution is -2.06. The zero-order chi connectivity index (χ0) is 14.7. The molecule has 0 spiro atoms. The summed E-state index contributed by atoms with van der Waals surface area (Å²) in [6.45, 7) is 2.60. The Bertz CT molecular complexity index is 739. The number of rotatable bonds is 4. The predicted molar refractivity (Wildman–Crippen MR) is 78.7 cm³/mol. The Labute approximate surface area is 121 Å². The minimum Gasteiger partial charge on any atom is -0.354 e. The number of aromatic nitrogens is 4. The molecule has 0 aliphatic rings. The molecule has 0 bridgehead atoms. The van der Waals surface area contributed by atoms with Crippen molar-refractivity contribution in [3.8, 4) is 17.1 Å². The van der Waals surface area contributed by atoms with Crippen LogP contribution in [0.3, 0.4) is 0 Å². The van der Waals surface area contributed by atoms with E-state index in [4.69, 9.17) is 0 Å². The van der Waals surface area contributed by atoms with Crippen LogP contribution in [0.2, 0.25) is 0 Å². The summed E-state index contributed by atoms with van der Waals surface area (Å²) in [6, 6.07) is 11.3. The van der Waals surface area contributed by atoms with Gasteiger partial charge in [-0.2, -0.15) is 5.10 Å². The molecular formula is C15H14FN5. The fourth-order valence-corrected chi connectivity index (χ4v) is 2.05. The fraction of sp³-hybridized carbons (Fsp3) is 0.133. The highest BCUT2D eigenvalue weighted by Gasteiger charge is 2.14. The van der Waals surface area contributed by atoms with Gasteiger partial charge in [-0.15, -0.1) is 0 Å². The van der Waals surface area contributed by atoms with E-state index in [1.54, 1.807) is 16.9 Å². The number of anilines is 1. The maximum absolute atomic E-state index is 14.1. The molecule has 0 amide bonds. The van der Waals surface area contributed by atoms with Gasteiger partial charge in [0.25, 0.3) is 0 Å². The van der Waals surface area contributed by atoms with Crippen molar-refractivity contribution in [2.24, 2.45) is 0 Å². The molecule has 21 heavy (non-hydrogen) atoms. The standard InChI is InChI=1S/C15H14FN5/c1-2-17-15-18-10-12(16)14(20-15)13-8-9-19-21(13)11-6-4-3-5-7-11/h3-10H,2H2,1H3,(H,17,18,20). The number of nitrogens with one attached hydrogen (secondary N) is 1. The molecule has 0 radical (unpaired) electrons. The van der Waals surface area contributed by atoms with Gasteiger partial charge in [0.15, 0.2) is 5.82 Å². The molecule has 0 aliphatic heterocycles. The maximum atomic E-state index is 14.1. The van der Waals surface area contributed by atoms with E-state index in [2.05, 4.69) is 20.4 Å². The Morgan fingerprint density at radius 2 is 2.00 bits per heavy atom. The van der Waals surface area contributed by atoms with Crippen LogP contribution in [0, 0.1) is 5.82 Å². The summed E-state index contributed by atoms with van der Waals surface area (Å²) in [6.07, 6.45) is 2.79. The van der Waals surface area contributed by atoms with Gasteiger partial charge in [0.2, 0.25) is 5.95 Å². The first-order chi connectivity index (χ1) is 10.3. The molecule has 0 saturated carbocycles. The van der Waals surface area contributed by atoms with Crippen LogP contribution in [0.15, 0.2) is 48.8 Å². The molecule has 5 nitrogen and oxygen atoms in total. The zero-order valence-corrected chi connectivity index (χ0v) is 11.5.